The van der Waals surface area contributed by atoms with Crippen molar-refractivity contribution in [3.05, 3.63) is 29.3 Å². The van der Waals surface area contributed by atoms with Gasteiger partial charge < -0.3 is 14.7 Å². The van der Waals surface area contributed by atoms with Gasteiger partial charge in [0.05, 0.1) is 22.3 Å². The molecule has 1 aliphatic heterocycles. The smallest absolute Gasteiger partial charge is 0.277 e. The van der Waals surface area contributed by atoms with Crippen molar-refractivity contribution >= 4 is 33.4 Å². The van der Waals surface area contributed by atoms with Gasteiger partial charge in [-0.05, 0) is 25.0 Å². The molecule has 26 heavy (non-hydrogen) atoms. The topological polar surface area (TPSA) is 58.0 Å². The van der Waals surface area contributed by atoms with Crippen LogP contribution in [0.1, 0.15) is 23.8 Å². The van der Waals surface area contributed by atoms with E-state index in [4.69, 9.17) is 4.98 Å². The molecule has 1 aromatic carbocycles. The average molecular weight is 376 g/mol. The number of aromatic nitrogens is 1. The summed E-state index contributed by atoms with van der Waals surface area (Å²) >= 11 is 1.74. The number of nitrogens with one attached hydrogen (secondary N) is 1. The first-order valence-electron chi connectivity index (χ1n) is 9.08. The Kier molecular flexibility index (Phi) is 5.88. The Labute approximate surface area is 158 Å². The van der Waals surface area contributed by atoms with E-state index >= 15 is 0 Å². The number of piperidine rings is 1. The first kappa shape index (κ1) is 18.8. The molecule has 1 aliphatic rings. The van der Waals surface area contributed by atoms with E-state index in [1.807, 2.05) is 30.1 Å². The standard InChI is InChI=1S/C19H26N4O2S/c1-21(2)17(24)12-22(3)13-18(25)23-10-6-7-14(11-23)19-20-15-8-4-5-9-16(15)26-19/h4-5,8-9,14H,6-7,10-13H2,1-3H3/p+1/t14-/m1/s1. The molecule has 0 aliphatic carbocycles. The summed E-state index contributed by atoms with van der Waals surface area (Å²) in [7, 11) is 5.38. The molecule has 6 nitrogen and oxygen atoms in total. The van der Waals surface area contributed by atoms with Gasteiger partial charge in [0.15, 0.2) is 13.1 Å². The van der Waals surface area contributed by atoms with Crippen LogP contribution in [0.25, 0.3) is 10.2 Å². The van der Waals surface area contributed by atoms with Crippen molar-refractivity contribution in [2.75, 3.05) is 47.3 Å². The predicted molar refractivity (Wildman–Crippen MR) is 103 cm³/mol. The number of hydrogen-bond donors (Lipinski definition) is 1. The van der Waals surface area contributed by atoms with E-state index in [1.54, 1.807) is 30.3 Å². The van der Waals surface area contributed by atoms with Crippen LogP contribution in [0, 0.1) is 0 Å². The molecule has 7 heteroatoms. The molecule has 0 radical (unpaired) electrons. The Morgan fingerprint density at radius 3 is 2.81 bits per heavy atom. The summed E-state index contributed by atoms with van der Waals surface area (Å²) in [4.78, 5) is 33.7. The minimum atomic E-state index is 0.0429. The van der Waals surface area contributed by atoms with Gasteiger partial charge in [-0.3, -0.25) is 9.59 Å². The lowest BCUT2D eigenvalue weighted by Gasteiger charge is -2.32. The first-order chi connectivity index (χ1) is 12.4. The highest BCUT2D eigenvalue weighted by Crippen LogP contribution is 2.32. The minimum absolute atomic E-state index is 0.0429. The number of quaternary nitrogens is 1. The normalized spacial score (nSPS) is 18.7. The number of thiazole rings is 1. The van der Waals surface area contributed by atoms with Gasteiger partial charge in [-0.2, -0.15) is 0 Å². The van der Waals surface area contributed by atoms with Gasteiger partial charge in [-0.15, -0.1) is 11.3 Å². The van der Waals surface area contributed by atoms with E-state index in [9.17, 15) is 9.59 Å². The van der Waals surface area contributed by atoms with E-state index in [0.717, 1.165) is 41.4 Å². The second-order valence-corrected chi connectivity index (χ2v) is 8.36. The van der Waals surface area contributed by atoms with Crippen molar-refractivity contribution in [3.63, 3.8) is 0 Å². The van der Waals surface area contributed by atoms with Gasteiger partial charge in [-0.25, -0.2) is 4.98 Å². The molecule has 1 saturated heterocycles. The van der Waals surface area contributed by atoms with Crippen LogP contribution < -0.4 is 4.90 Å². The Morgan fingerprint density at radius 2 is 2.08 bits per heavy atom. The van der Waals surface area contributed by atoms with Crippen molar-refractivity contribution in [1.29, 1.82) is 0 Å². The van der Waals surface area contributed by atoms with E-state index in [-0.39, 0.29) is 11.8 Å². The maximum atomic E-state index is 12.7. The molecular weight excluding hydrogens is 348 g/mol. The summed E-state index contributed by atoms with van der Waals surface area (Å²) in [6.45, 7) is 2.22. The predicted octanol–water partition coefficient (Wildman–Crippen LogP) is 0.605. The molecule has 2 aromatic rings. The van der Waals surface area contributed by atoms with Crippen LogP contribution in [0.15, 0.2) is 24.3 Å². The molecule has 3 rings (SSSR count). The van der Waals surface area contributed by atoms with E-state index in [1.165, 1.54) is 4.70 Å². The molecule has 1 fully saturated rings. The largest absolute Gasteiger partial charge is 0.344 e. The lowest BCUT2D eigenvalue weighted by atomic mass is 9.98. The minimum Gasteiger partial charge on any atom is -0.344 e. The van der Waals surface area contributed by atoms with E-state index in [2.05, 4.69) is 6.07 Å². The highest BCUT2D eigenvalue weighted by atomic mass is 32.1. The molecule has 1 aromatic heterocycles. The molecule has 140 valence electrons. The van der Waals surface area contributed by atoms with Crippen molar-refractivity contribution in [1.82, 2.24) is 14.8 Å². The lowest BCUT2D eigenvalue weighted by Crippen LogP contribution is -3.11. The van der Waals surface area contributed by atoms with Crippen molar-refractivity contribution < 1.29 is 14.5 Å². The first-order valence-corrected chi connectivity index (χ1v) is 9.90. The SMILES string of the molecule is CN(C)C(=O)C[NH+](C)CC(=O)N1CCC[C@@H](c2nc3ccccc3s2)C1. The number of carbonyl (C=O) groups excluding carboxylic acids is 2. The van der Waals surface area contributed by atoms with Gasteiger partial charge in [0.1, 0.15) is 0 Å². The fourth-order valence-electron chi connectivity index (χ4n) is 3.32. The number of nitrogens with zero attached hydrogens (tertiary/aromatic N) is 3. The third-order valence-electron chi connectivity index (χ3n) is 4.84. The summed E-state index contributed by atoms with van der Waals surface area (Å²) < 4.78 is 1.21. The number of hydrogen-bond acceptors (Lipinski definition) is 4. The highest BCUT2D eigenvalue weighted by molar-refractivity contribution is 7.18. The summed E-state index contributed by atoms with van der Waals surface area (Å²) in [5.41, 5.74) is 1.04. The molecular formula is C19H27N4O2S+. The quantitative estimate of drug-likeness (QED) is 0.833. The van der Waals surface area contributed by atoms with Crippen molar-refractivity contribution in [2.24, 2.45) is 0 Å². The Hall–Kier alpha value is -1.99. The molecule has 1 unspecified atom stereocenters. The van der Waals surface area contributed by atoms with E-state index < -0.39 is 0 Å². The Morgan fingerprint density at radius 1 is 1.31 bits per heavy atom. The summed E-state index contributed by atoms with van der Waals surface area (Å²) in [6.07, 6.45) is 2.08. The van der Waals surface area contributed by atoms with E-state index in [0.29, 0.717) is 19.0 Å². The molecule has 0 bridgehead atoms. The lowest BCUT2D eigenvalue weighted by molar-refractivity contribution is -0.863. The second-order valence-electron chi connectivity index (χ2n) is 7.30. The Bertz CT molecular complexity index is 756. The molecule has 2 heterocycles. The van der Waals surface area contributed by atoms with Crippen LogP contribution in [0.3, 0.4) is 0 Å². The number of amides is 2. The fourth-order valence-corrected chi connectivity index (χ4v) is 4.41. The summed E-state index contributed by atoms with van der Waals surface area (Å²) in [5.74, 6) is 0.481. The van der Waals surface area contributed by atoms with Crippen molar-refractivity contribution in [3.8, 4) is 0 Å². The zero-order valence-corrected chi connectivity index (χ0v) is 16.5. The van der Waals surface area contributed by atoms with Crippen LogP contribution >= 0.6 is 11.3 Å². The van der Waals surface area contributed by atoms with Gasteiger partial charge >= 0.3 is 0 Å². The number of para-hydroxylation sites is 1. The van der Waals surface area contributed by atoms with Crippen LogP contribution in [0.2, 0.25) is 0 Å². The number of rotatable bonds is 5. The number of fused-ring (bicyclic) bond motifs is 1. The van der Waals surface area contributed by atoms with Crippen LogP contribution in [0.4, 0.5) is 0 Å². The van der Waals surface area contributed by atoms with Crippen molar-refractivity contribution in [2.45, 2.75) is 18.8 Å². The van der Waals surface area contributed by atoms with Gasteiger partial charge in [-0.1, -0.05) is 12.1 Å². The molecule has 0 saturated carbocycles. The Balaban J connectivity index is 1.60. The maximum Gasteiger partial charge on any atom is 0.277 e. The monoisotopic (exact) mass is 375 g/mol. The fraction of sp³-hybridized carbons (Fsp3) is 0.526. The molecule has 2 amide bonds. The van der Waals surface area contributed by atoms with Crippen LogP contribution in [-0.4, -0.2) is 73.9 Å². The molecule has 1 N–H and O–H groups in total. The average Bonchev–Trinajstić information content (AvgIpc) is 3.05. The van der Waals surface area contributed by atoms with Crippen LogP contribution in [0.5, 0.6) is 0 Å². The summed E-state index contributed by atoms with van der Waals surface area (Å²) in [5, 5.41) is 1.13. The number of benzene rings is 1. The zero-order valence-electron chi connectivity index (χ0n) is 15.7. The summed E-state index contributed by atoms with van der Waals surface area (Å²) in [6, 6.07) is 8.19. The third kappa shape index (κ3) is 4.40. The second kappa shape index (κ2) is 8.14. The maximum absolute atomic E-state index is 12.7. The van der Waals surface area contributed by atoms with Crippen LogP contribution in [-0.2, 0) is 9.59 Å². The number of likely N-dealkylation sites (N-methyl/N-ethyl adjacent to an activating group) is 2. The number of likely N-dealkylation sites (tertiary alicyclic amines) is 1. The third-order valence-corrected chi connectivity index (χ3v) is 6.04. The van der Waals surface area contributed by atoms with Gasteiger partial charge in [0, 0.05) is 33.1 Å². The molecule has 0 spiro atoms. The highest BCUT2D eigenvalue weighted by Gasteiger charge is 2.28. The number of carbonyl (C=O) groups is 2. The van der Waals surface area contributed by atoms with Gasteiger partial charge in [0.2, 0.25) is 0 Å². The van der Waals surface area contributed by atoms with Gasteiger partial charge in [0.25, 0.3) is 11.8 Å². The zero-order chi connectivity index (χ0) is 18.7. The molecule has 2 atom stereocenters.